The molecule has 0 bridgehead atoms. The summed E-state index contributed by atoms with van der Waals surface area (Å²) in [4.78, 5) is 52.3. The van der Waals surface area contributed by atoms with Gasteiger partial charge in [0.15, 0.2) is 0 Å². The minimum absolute atomic E-state index is 0.192. The molecule has 2 heterocycles. The standard InChI is InChI=1S/C18H17N5O4S/c1-9-14-17(28-15(9)16(19)26)20-8-23(18(14)27)7-13(25)22-12-5-3-11(4-6-12)21-10(2)24/h3-6,8H,7H2,1-2H3,(H2,19,26)(H,21,24)(H,22,25). The van der Waals surface area contributed by atoms with E-state index < -0.39 is 17.4 Å². The smallest absolute Gasteiger partial charge is 0.262 e. The predicted octanol–water partition coefficient (Wildman–Crippen LogP) is 1.46. The molecule has 0 fully saturated rings. The van der Waals surface area contributed by atoms with E-state index in [1.807, 2.05) is 0 Å². The van der Waals surface area contributed by atoms with E-state index >= 15 is 0 Å². The predicted molar refractivity (Wildman–Crippen MR) is 107 cm³/mol. The number of aromatic nitrogens is 2. The molecule has 4 N–H and O–H groups in total. The molecule has 10 heteroatoms. The quantitative estimate of drug-likeness (QED) is 0.597. The van der Waals surface area contributed by atoms with Crippen molar-refractivity contribution in [2.45, 2.75) is 20.4 Å². The molecule has 0 saturated heterocycles. The van der Waals surface area contributed by atoms with E-state index in [1.165, 1.54) is 17.8 Å². The van der Waals surface area contributed by atoms with Crippen molar-refractivity contribution < 1.29 is 14.4 Å². The zero-order valence-electron chi connectivity index (χ0n) is 15.1. The summed E-state index contributed by atoms with van der Waals surface area (Å²) in [7, 11) is 0. The summed E-state index contributed by atoms with van der Waals surface area (Å²) >= 11 is 1.05. The van der Waals surface area contributed by atoms with Gasteiger partial charge in [-0.05, 0) is 36.8 Å². The second kappa shape index (κ2) is 7.61. The van der Waals surface area contributed by atoms with Crippen molar-refractivity contribution in [1.29, 1.82) is 0 Å². The highest BCUT2D eigenvalue weighted by Crippen LogP contribution is 2.26. The number of carbonyl (C=O) groups is 3. The zero-order valence-corrected chi connectivity index (χ0v) is 15.9. The molecule has 0 spiro atoms. The monoisotopic (exact) mass is 399 g/mol. The summed E-state index contributed by atoms with van der Waals surface area (Å²) in [6.45, 7) is 2.79. The molecule has 0 atom stereocenters. The van der Waals surface area contributed by atoms with E-state index in [4.69, 9.17) is 5.73 Å². The van der Waals surface area contributed by atoms with Crippen LogP contribution >= 0.6 is 11.3 Å². The van der Waals surface area contributed by atoms with Gasteiger partial charge in [0, 0.05) is 18.3 Å². The molecule has 0 radical (unpaired) electrons. The molecule has 28 heavy (non-hydrogen) atoms. The lowest BCUT2D eigenvalue weighted by atomic mass is 10.2. The maximum Gasteiger partial charge on any atom is 0.262 e. The molecule has 3 rings (SSSR count). The number of nitrogens with two attached hydrogens (primary N) is 1. The van der Waals surface area contributed by atoms with Gasteiger partial charge in [-0.3, -0.25) is 23.7 Å². The van der Waals surface area contributed by atoms with Gasteiger partial charge in [-0.2, -0.15) is 0 Å². The Bertz CT molecular complexity index is 1150. The molecule has 9 nitrogen and oxygen atoms in total. The SMILES string of the molecule is CC(=O)Nc1ccc(NC(=O)Cn2cnc3sc(C(N)=O)c(C)c3c2=O)cc1. The minimum Gasteiger partial charge on any atom is -0.365 e. The highest BCUT2D eigenvalue weighted by Gasteiger charge is 2.18. The van der Waals surface area contributed by atoms with Crippen molar-refractivity contribution in [3.8, 4) is 0 Å². The first-order valence-electron chi connectivity index (χ1n) is 8.22. The van der Waals surface area contributed by atoms with Crippen LogP contribution in [-0.4, -0.2) is 27.3 Å². The normalized spacial score (nSPS) is 10.6. The molecule has 0 saturated carbocycles. The van der Waals surface area contributed by atoms with Crippen molar-refractivity contribution >= 4 is 50.6 Å². The Morgan fingerprint density at radius 2 is 1.75 bits per heavy atom. The molecule has 0 aliphatic heterocycles. The Labute approximate surface area is 163 Å². The van der Waals surface area contributed by atoms with E-state index in [0.29, 0.717) is 21.8 Å². The Kier molecular flexibility index (Phi) is 5.23. The molecule has 0 aliphatic carbocycles. The number of nitrogens with zero attached hydrogens (tertiary/aromatic N) is 2. The highest BCUT2D eigenvalue weighted by atomic mass is 32.1. The Balaban J connectivity index is 1.78. The van der Waals surface area contributed by atoms with E-state index in [0.717, 1.165) is 11.3 Å². The summed E-state index contributed by atoms with van der Waals surface area (Å²) in [6, 6.07) is 6.57. The van der Waals surface area contributed by atoms with Crippen molar-refractivity contribution in [1.82, 2.24) is 9.55 Å². The molecule has 3 aromatic rings. The van der Waals surface area contributed by atoms with Crippen LogP contribution in [0, 0.1) is 6.92 Å². The number of nitrogens with one attached hydrogen (secondary N) is 2. The number of primary amides is 1. The topological polar surface area (TPSA) is 136 Å². The third kappa shape index (κ3) is 3.91. The van der Waals surface area contributed by atoms with Gasteiger partial charge < -0.3 is 16.4 Å². The average molecular weight is 399 g/mol. The third-order valence-corrected chi connectivity index (χ3v) is 5.16. The van der Waals surface area contributed by atoms with Gasteiger partial charge in [-0.25, -0.2) is 4.98 Å². The second-order valence-electron chi connectivity index (χ2n) is 6.08. The van der Waals surface area contributed by atoms with Gasteiger partial charge >= 0.3 is 0 Å². The number of rotatable bonds is 5. The first-order valence-corrected chi connectivity index (χ1v) is 9.03. The number of thiophene rings is 1. The Morgan fingerprint density at radius 1 is 1.14 bits per heavy atom. The van der Waals surface area contributed by atoms with E-state index in [-0.39, 0.29) is 22.7 Å². The molecular weight excluding hydrogens is 382 g/mol. The molecular formula is C18H17N5O4S. The first kappa shape index (κ1) is 19.2. The first-order chi connectivity index (χ1) is 13.3. The van der Waals surface area contributed by atoms with Crippen LogP contribution in [0.4, 0.5) is 11.4 Å². The van der Waals surface area contributed by atoms with Gasteiger partial charge in [0.1, 0.15) is 11.4 Å². The van der Waals surface area contributed by atoms with E-state index in [9.17, 15) is 19.2 Å². The van der Waals surface area contributed by atoms with Crippen LogP contribution in [0.25, 0.3) is 10.2 Å². The summed E-state index contributed by atoms with van der Waals surface area (Å²) < 4.78 is 1.17. The van der Waals surface area contributed by atoms with Crippen LogP contribution in [0.5, 0.6) is 0 Å². The lowest BCUT2D eigenvalue weighted by Gasteiger charge is -2.08. The zero-order chi connectivity index (χ0) is 20.4. The van der Waals surface area contributed by atoms with Crippen LogP contribution in [0.15, 0.2) is 35.4 Å². The van der Waals surface area contributed by atoms with Gasteiger partial charge in [0.25, 0.3) is 11.5 Å². The number of benzene rings is 1. The van der Waals surface area contributed by atoms with Crippen molar-refractivity contribution in [2.24, 2.45) is 5.73 Å². The summed E-state index contributed by atoms with van der Waals surface area (Å²) in [5.74, 6) is -1.23. The molecule has 1 aromatic carbocycles. The van der Waals surface area contributed by atoms with Gasteiger partial charge in [-0.15, -0.1) is 11.3 Å². The van der Waals surface area contributed by atoms with Crippen LogP contribution in [-0.2, 0) is 16.1 Å². The Hall–Kier alpha value is -3.53. The number of carbonyl (C=O) groups excluding carboxylic acids is 3. The third-order valence-electron chi connectivity index (χ3n) is 3.94. The molecule has 144 valence electrons. The van der Waals surface area contributed by atoms with Gasteiger partial charge in [0.2, 0.25) is 11.8 Å². The maximum atomic E-state index is 12.7. The number of hydrogen-bond acceptors (Lipinski definition) is 6. The van der Waals surface area contributed by atoms with Crippen LogP contribution < -0.4 is 21.9 Å². The van der Waals surface area contributed by atoms with Crippen molar-refractivity contribution in [2.75, 3.05) is 10.6 Å². The van der Waals surface area contributed by atoms with Gasteiger partial charge in [-0.1, -0.05) is 0 Å². The van der Waals surface area contributed by atoms with E-state index in [2.05, 4.69) is 15.6 Å². The fraction of sp³-hybridized carbons (Fsp3) is 0.167. The van der Waals surface area contributed by atoms with Gasteiger partial charge in [0.05, 0.1) is 16.6 Å². The maximum absolute atomic E-state index is 12.7. The summed E-state index contributed by atoms with van der Waals surface area (Å²) in [5, 5.41) is 5.59. The molecule has 2 aromatic heterocycles. The molecule has 0 unspecified atom stereocenters. The van der Waals surface area contributed by atoms with Crippen LogP contribution in [0.2, 0.25) is 0 Å². The molecule has 0 aliphatic rings. The van der Waals surface area contributed by atoms with Crippen molar-refractivity contribution in [3.63, 3.8) is 0 Å². The largest absolute Gasteiger partial charge is 0.365 e. The lowest BCUT2D eigenvalue weighted by molar-refractivity contribution is -0.117. The number of fused-ring (bicyclic) bond motifs is 1. The average Bonchev–Trinajstić information content (AvgIpc) is 2.96. The van der Waals surface area contributed by atoms with Crippen LogP contribution in [0.3, 0.4) is 0 Å². The van der Waals surface area contributed by atoms with Crippen molar-refractivity contribution in [3.05, 3.63) is 51.4 Å². The molecule has 3 amide bonds. The number of hydrogen-bond donors (Lipinski definition) is 3. The number of aryl methyl sites for hydroxylation is 1. The number of amides is 3. The van der Waals surface area contributed by atoms with Crippen LogP contribution in [0.1, 0.15) is 22.2 Å². The fourth-order valence-corrected chi connectivity index (χ4v) is 3.69. The second-order valence-corrected chi connectivity index (χ2v) is 7.08. The summed E-state index contributed by atoms with van der Waals surface area (Å²) in [5.41, 5.74) is 6.49. The lowest BCUT2D eigenvalue weighted by Crippen LogP contribution is -2.28. The number of anilines is 2. The minimum atomic E-state index is -0.619. The van der Waals surface area contributed by atoms with E-state index in [1.54, 1.807) is 31.2 Å². The summed E-state index contributed by atoms with van der Waals surface area (Å²) in [6.07, 6.45) is 1.27. The fourth-order valence-electron chi connectivity index (χ4n) is 2.70. The highest BCUT2D eigenvalue weighted by molar-refractivity contribution is 7.20. The Morgan fingerprint density at radius 3 is 2.32 bits per heavy atom.